The number of likely N-dealkylation sites (tertiary alicyclic amines) is 1. The summed E-state index contributed by atoms with van der Waals surface area (Å²) in [5.41, 5.74) is 1.11. The Morgan fingerprint density at radius 2 is 2.15 bits per heavy atom. The highest BCUT2D eigenvalue weighted by atomic mass is 19.3. The minimum absolute atomic E-state index is 0.0453. The van der Waals surface area contributed by atoms with Crippen molar-refractivity contribution >= 4 is 5.97 Å². The molecule has 0 aromatic carbocycles. The van der Waals surface area contributed by atoms with Crippen molar-refractivity contribution < 1.29 is 23.0 Å². The molecule has 0 spiro atoms. The van der Waals surface area contributed by atoms with Crippen molar-refractivity contribution in [3.8, 4) is 0 Å². The van der Waals surface area contributed by atoms with E-state index >= 15 is 0 Å². The van der Waals surface area contributed by atoms with Gasteiger partial charge in [0.1, 0.15) is 12.2 Å². The van der Waals surface area contributed by atoms with Gasteiger partial charge in [-0.1, -0.05) is 11.6 Å². The molecule has 0 N–H and O–H groups in total. The Labute approximate surface area is 153 Å². The molecule has 1 aliphatic carbocycles. The molecule has 0 unspecified atom stereocenters. The number of nitrogens with zero attached hydrogens (tertiary/aromatic N) is 1. The van der Waals surface area contributed by atoms with Crippen LogP contribution < -0.4 is 0 Å². The van der Waals surface area contributed by atoms with Crippen molar-refractivity contribution in [2.24, 2.45) is 11.8 Å². The molecule has 3 fully saturated rings. The standard InChI is InChI=1S/C20H29F2NO3/c1-13-5-3-8-19(2)17(26-19)16-14(7-6-13)15(18(24)25-16)11-23-10-4-9-20(21,22)12-23/h5,14-17H,3-4,6-12H2,1-2H3/t14-,15-,16-,17+,19+/m0/s1. The summed E-state index contributed by atoms with van der Waals surface area (Å²) < 4.78 is 39.2. The van der Waals surface area contributed by atoms with Crippen molar-refractivity contribution in [1.29, 1.82) is 0 Å². The van der Waals surface area contributed by atoms with Crippen molar-refractivity contribution in [2.75, 3.05) is 19.6 Å². The lowest BCUT2D eigenvalue weighted by Gasteiger charge is -2.34. The van der Waals surface area contributed by atoms with Crippen LogP contribution in [0.25, 0.3) is 0 Å². The predicted molar refractivity (Wildman–Crippen MR) is 93.0 cm³/mol. The zero-order valence-electron chi connectivity index (χ0n) is 15.7. The van der Waals surface area contributed by atoms with Gasteiger partial charge in [0.15, 0.2) is 0 Å². The van der Waals surface area contributed by atoms with E-state index in [1.807, 2.05) is 0 Å². The largest absolute Gasteiger partial charge is 0.459 e. The van der Waals surface area contributed by atoms with Crippen LogP contribution in [0.3, 0.4) is 0 Å². The van der Waals surface area contributed by atoms with E-state index < -0.39 is 5.92 Å². The van der Waals surface area contributed by atoms with Gasteiger partial charge in [-0.05, 0) is 52.5 Å². The maximum Gasteiger partial charge on any atom is 0.311 e. The van der Waals surface area contributed by atoms with Gasteiger partial charge in [0, 0.05) is 18.9 Å². The maximum atomic E-state index is 13.8. The first-order valence-corrected chi connectivity index (χ1v) is 9.92. The number of ether oxygens (including phenoxy) is 2. The van der Waals surface area contributed by atoms with E-state index in [0.29, 0.717) is 19.5 Å². The second kappa shape index (κ2) is 6.55. The molecule has 4 nitrogen and oxygen atoms in total. The molecule has 26 heavy (non-hydrogen) atoms. The number of carbonyl (C=O) groups excluding carboxylic acids is 1. The summed E-state index contributed by atoms with van der Waals surface area (Å²) >= 11 is 0. The molecule has 3 aliphatic heterocycles. The number of halogens is 2. The fourth-order valence-electron chi connectivity index (χ4n) is 5.03. The molecule has 6 heteroatoms. The molecule has 0 aromatic rings. The summed E-state index contributed by atoms with van der Waals surface area (Å²) in [7, 11) is 0. The van der Waals surface area contributed by atoms with Gasteiger partial charge in [0.05, 0.1) is 18.1 Å². The third-order valence-corrected chi connectivity index (χ3v) is 6.67. The minimum Gasteiger partial charge on any atom is -0.459 e. The van der Waals surface area contributed by atoms with Gasteiger partial charge >= 0.3 is 5.97 Å². The number of allylic oxidation sites excluding steroid dienone is 2. The second-order valence-electron chi connectivity index (χ2n) is 8.85. The number of epoxide rings is 1. The van der Waals surface area contributed by atoms with E-state index in [0.717, 1.165) is 25.7 Å². The summed E-state index contributed by atoms with van der Waals surface area (Å²) in [6.45, 7) is 4.98. The highest BCUT2D eigenvalue weighted by Crippen LogP contribution is 2.50. The lowest BCUT2D eigenvalue weighted by molar-refractivity contribution is -0.146. The van der Waals surface area contributed by atoms with Gasteiger partial charge in [0.25, 0.3) is 5.92 Å². The van der Waals surface area contributed by atoms with Gasteiger partial charge in [-0.2, -0.15) is 0 Å². The molecule has 0 bridgehead atoms. The first-order valence-electron chi connectivity index (χ1n) is 9.92. The molecule has 3 saturated heterocycles. The summed E-state index contributed by atoms with van der Waals surface area (Å²) in [4.78, 5) is 14.4. The summed E-state index contributed by atoms with van der Waals surface area (Å²) in [6, 6.07) is 0. The topological polar surface area (TPSA) is 42.1 Å². The first-order chi connectivity index (χ1) is 12.3. The number of esters is 1. The molecular formula is C20H29F2NO3. The van der Waals surface area contributed by atoms with Crippen molar-refractivity contribution in [3.05, 3.63) is 11.6 Å². The van der Waals surface area contributed by atoms with E-state index in [1.54, 1.807) is 4.90 Å². The normalized spacial score (nSPS) is 43.1. The van der Waals surface area contributed by atoms with Crippen LogP contribution in [0, 0.1) is 11.8 Å². The number of carbonyl (C=O) groups is 1. The Balaban J connectivity index is 1.51. The molecule has 0 radical (unpaired) electrons. The monoisotopic (exact) mass is 369 g/mol. The van der Waals surface area contributed by atoms with Crippen LogP contribution in [0.15, 0.2) is 11.6 Å². The number of fused-ring (bicyclic) bond motifs is 3. The van der Waals surface area contributed by atoms with Gasteiger partial charge in [0.2, 0.25) is 0 Å². The molecule has 4 rings (SSSR count). The summed E-state index contributed by atoms with van der Waals surface area (Å²) in [6.07, 6.45) is 6.11. The maximum absolute atomic E-state index is 13.8. The third kappa shape index (κ3) is 3.55. The van der Waals surface area contributed by atoms with E-state index in [-0.39, 0.29) is 48.6 Å². The second-order valence-corrected chi connectivity index (χ2v) is 8.85. The predicted octanol–water partition coefficient (Wildman–Crippen LogP) is 3.55. The lowest BCUT2D eigenvalue weighted by atomic mass is 9.80. The van der Waals surface area contributed by atoms with E-state index in [9.17, 15) is 13.6 Å². The van der Waals surface area contributed by atoms with Crippen molar-refractivity contribution in [2.45, 2.75) is 76.1 Å². The van der Waals surface area contributed by atoms with Crippen molar-refractivity contribution in [3.63, 3.8) is 0 Å². The molecule has 4 aliphatic rings. The zero-order valence-corrected chi connectivity index (χ0v) is 15.7. The average Bonchev–Trinajstić information content (AvgIpc) is 3.12. The van der Waals surface area contributed by atoms with E-state index in [4.69, 9.17) is 9.47 Å². The third-order valence-electron chi connectivity index (χ3n) is 6.67. The Morgan fingerprint density at radius 3 is 2.92 bits per heavy atom. The Kier molecular flexibility index (Phi) is 4.63. The minimum atomic E-state index is -2.64. The van der Waals surface area contributed by atoms with Crippen LogP contribution in [-0.2, 0) is 14.3 Å². The molecule has 0 aromatic heterocycles. The first kappa shape index (κ1) is 18.4. The average molecular weight is 369 g/mol. The van der Waals surface area contributed by atoms with Crippen LogP contribution in [0.5, 0.6) is 0 Å². The SMILES string of the molecule is CC1=CCC[C@@]2(C)O[C@@H]2[C@H]2OC(=O)[C@@H](CN3CCCC(F)(F)C3)[C@@H]2CC1. The van der Waals surface area contributed by atoms with Gasteiger partial charge < -0.3 is 9.47 Å². The fraction of sp³-hybridized carbons (Fsp3) is 0.850. The molecule has 5 atom stereocenters. The summed E-state index contributed by atoms with van der Waals surface area (Å²) in [5.74, 6) is -3.15. The lowest BCUT2D eigenvalue weighted by Crippen LogP contribution is -2.46. The zero-order chi connectivity index (χ0) is 18.5. The quantitative estimate of drug-likeness (QED) is 0.424. The van der Waals surface area contributed by atoms with Gasteiger partial charge in [-0.3, -0.25) is 9.69 Å². The van der Waals surface area contributed by atoms with E-state index in [1.165, 1.54) is 5.57 Å². The molecule has 146 valence electrons. The van der Waals surface area contributed by atoms with E-state index in [2.05, 4.69) is 19.9 Å². The Bertz CT molecular complexity index is 608. The fourth-order valence-corrected chi connectivity index (χ4v) is 5.03. The Morgan fingerprint density at radius 1 is 1.35 bits per heavy atom. The number of hydrogen-bond donors (Lipinski definition) is 0. The van der Waals surface area contributed by atoms with Crippen LogP contribution in [-0.4, -0.2) is 54.2 Å². The highest BCUT2D eigenvalue weighted by Gasteiger charge is 2.62. The van der Waals surface area contributed by atoms with Gasteiger partial charge in [-0.15, -0.1) is 0 Å². The molecule has 3 heterocycles. The highest BCUT2D eigenvalue weighted by molar-refractivity contribution is 5.75. The van der Waals surface area contributed by atoms with Crippen LogP contribution in [0.4, 0.5) is 8.78 Å². The smallest absolute Gasteiger partial charge is 0.311 e. The number of rotatable bonds is 2. The van der Waals surface area contributed by atoms with Crippen LogP contribution in [0.1, 0.15) is 52.4 Å². The molecular weight excluding hydrogens is 340 g/mol. The van der Waals surface area contributed by atoms with Gasteiger partial charge in [-0.25, -0.2) is 8.78 Å². The van der Waals surface area contributed by atoms with Crippen LogP contribution in [0.2, 0.25) is 0 Å². The van der Waals surface area contributed by atoms with Crippen molar-refractivity contribution in [1.82, 2.24) is 4.90 Å². The number of hydrogen-bond acceptors (Lipinski definition) is 4. The number of alkyl halides is 2. The van der Waals surface area contributed by atoms with Crippen LogP contribution >= 0.6 is 0 Å². The molecule has 0 saturated carbocycles. The Hall–Kier alpha value is -1.01. The summed E-state index contributed by atoms with van der Waals surface area (Å²) in [5, 5.41) is 0. The molecule has 0 amide bonds. The number of piperidine rings is 1.